The quantitative estimate of drug-likeness (QED) is 0.0215. The number of halogens is 6. The lowest BCUT2D eigenvalue weighted by atomic mass is 9.81. The van der Waals surface area contributed by atoms with Crippen LogP contribution in [0.2, 0.25) is 39.3 Å². The van der Waals surface area contributed by atoms with Crippen LogP contribution in [-0.2, 0) is 39.4 Å². The van der Waals surface area contributed by atoms with Gasteiger partial charge in [-0.3, -0.25) is 0 Å². The minimum absolute atomic E-state index is 0.0770. The van der Waals surface area contributed by atoms with Gasteiger partial charge >= 0.3 is 0 Å². The lowest BCUT2D eigenvalue weighted by Crippen LogP contribution is -2.64. The van der Waals surface area contributed by atoms with Crippen molar-refractivity contribution in [1.82, 2.24) is 0 Å². The van der Waals surface area contributed by atoms with Gasteiger partial charge in [0.15, 0.2) is 16.6 Å². The molecule has 14 atom stereocenters. The molecule has 0 bridgehead atoms. The van der Waals surface area contributed by atoms with Crippen molar-refractivity contribution < 1.29 is 76.0 Å². The fourth-order valence-corrected chi connectivity index (χ4v) is 22.7. The lowest BCUT2D eigenvalue weighted by molar-refractivity contribution is -0.366. The van der Waals surface area contributed by atoms with Gasteiger partial charge in [0.1, 0.15) is 66.0 Å². The molecule has 6 N–H and O–H groups in total. The zero-order valence-corrected chi connectivity index (χ0v) is 79.7. The second-order valence-corrected chi connectivity index (χ2v) is 48.4. The lowest BCUT2D eigenvalue weighted by Gasteiger charge is -2.53. The van der Waals surface area contributed by atoms with E-state index in [0.717, 1.165) is 90.0 Å². The molecular weight excluding hydrogens is 1860 g/mol. The van der Waals surface area contributed by atoms with E-state index in [2.05, 4.69) is 181 Å². The van der Waals surface area contributed by atoms with Gasteiger partial charge in [-0.15, -0.1) is 45.3 Å². The maximum Gasteiger partial charge on any atom is 0.224 e. The van der Waals surface area contributed by atoms with Crippen LogP contribution in [0.25, 0.3) is 41.8 Å². The highest BCUT2D eigenvalue weighted by Crippen LogP contribution is 2.49. The van der Waals surface area contributed by atoms with E-state index in [1.807, 2.05) is 92.7 Å². The summed E-state index contributed by atoms with van der Waals surface area (Å²) < 4.78 is 92.7. The normalized spacial score (nSPS) is 21.6. The van der Waals surface area contributed by atoms with E-state index < -0.39 is 77.5 Å². The summed E-state index contributed by atoms with van der Waals surface area (Å²) >= 11 is 11.2. The molecule has 0 aliphatic carbocycles. The number of hydrogen-bond donors (Lipinski definition) is 6. The third-order valence-corrected chi connectivity index (χ3v) is 30.0. The van der Waals surface area contributed by atoms with Crippen molar-refractivity contribution in [3.63, 3.8) is 0 Å². The van der Waals surface area contributed by atoms with Crippen LogP contribution in [0.1, 0.15) is 133 Å². The van der Waals surface area contributed by atoms with Gasteiger partial charge in [-0.05, 0) is 319 Å². The Kier molecular flexibility index (Phi) is 32.1. The Balaban J connectivity index is 0.000000162. The van der Waals surface area contributed by atoms with Crippen molar-refractivity contribution in [1.29, 1.82) is 0 Å². The number of benzene rings is 8. The van der Waals surface area contributed by atoms with E-state index in [9.17, 15) is 48.2 Å². The minimum Gasteiger partial charge on any atom is -0.412 e. The molecule has 2 aliphatic rings. The Hall–Kier alpha value is -6.31. The van der Waals surface area contributed by atoms with Crippen molar-refractivity contribution in [2.45, 2.75) is 179 Å². The molecular formula is C96H106F4I2O12S4Si2. The molecule has 8 aromatic carbocycles. The zero-order chi connectivity index (χ0) is 87.0. The predicted molar refractivity (Wildman–Crippen MR) is 500 cm³/mol. The monoisotopic (exact) mass is 1960 g/mol. The average molecular weight is 1970 g/mol. The van der Waals surface area contributed by atoms with E-state index in [1.54, 1.807) is 66.2 Å². The molecule has 24 heteroatoms. The summed E-state index contributed by atoms with van der Waals surface area (Å²) in [5.41, 5.74) is 13.7. The second-order valence-electron chi connectivity index (χ2n) is 32.5. The summed E-state index contributed by atoms with van der Waals surface area (Å²) in [6.07, 6.45) is -7.27. The van der Waals surface area contributed by atoms with Crippen LogP contribution in [0.5, 0.6) is 0 Å². The molecule has 4 unspecified atom stereocenters. The maximum absolute atomic E-state index is 13.5. The van der Waals surface area contributed by atoms with Crippen LogP contribution in [0.15, 0.2) is 218 Å². The van der Waals surface area contributed by atoms with E-state index in [0.29, 0.717) is 17.0 Å². The molecule has 0 amide bonds. The third kappa shape index (κ3) is 22.5. The summed E-state index contributed by atoms with van der Waals surface area (Å²) in [7, 11) is -1.16. The van der Waals surface area contributed by atoms with Crippen molar-refractivity contribution in [3.05, 3.63) is 324 Å². The van der Waals surface area contributed by atoms with E-state index in [4.69, 9.17) is 27.8 Å². The molecule has 6 heterocycles. The van der Waals surface area contributed by atoms with Crippen LogP contribution >= 0.6 is 90.5 Å². The Morgan fingerprint density at radius 3 is 1.26 bits per heavy atom. The summed E-state index contributed by atoms with van der Waals surface area (Å²) in [6.45, 7) is 29.3. The highest BCUT2D eigenvalue weighted by molar-refractivity contribution is 14.1. The number of aliphatic hydroxyl groups excluding tert-OH is 5. The molecule has 4 aromatic heterocycles. The van der Waals surface area contributed by atoms with Gasteiger partial charge in [0, 0.05) is 89.3 Å². The van der Waals surface area contributed by atoms with E-state index >= 15 is 0 Å². The van der Waals surface area contributed by atoms with Crippen LogP contribution in [-0.4, -0.2) is 111 Å². The van der Waals surface area contributed by atoms with Gasteiger partial charge in [-0.25, -0.2) is 17.6 Å². The number of methoxy groups -OCH3 is 2. The molecule has 636 valence electrons. The molecule has 12 nitrogen and oxygen atoms in total. The van der Waals surface area contributed by atoms with Crippen molar-refractivity contribution in [3.8, 4) is 41.8 Å². The number of aliphatic hydroxyl groups is 6. The van der Waals surface area contributed by atoms with Gasteiger partial charge < -0.3 is 58.4 Å². The first-order chi connectivity index (χ1) is 56.9. The van der Waals surface area contributed by atoms with E-state index in [-0.39, 0.29) is 47.3 Å². The Morgan fingerprint density at radius 1 is 0.458 bits per heavy atom. The maximum atomic E-state index is 13.5. The van der Waals surface area contributed by atoms with Crippen molar-refractivity contribution >= 4 is 107 Å². The summed E-state index contributed by atoms with van der Waals surface area (Å²) in [4.78, 5) is 8.61. The minimum atomic E-state index is -2.10. The first-order valence-corrected chi connectivity index (χ1v) is 52.1. The molecule has 2 saturated heterocycles. The summed E-state index contributed by atoms with van der Waals surface area (Å²) in [5, 5.41) is 64.3. The highest BCUT2D eigenvalue weighted by Gasteiger charge is 2.58. The molecule has 2 fully saturated rings. The van der Waals surface area contributed by atoms with Crippen LogP contribution in [0, 0.1) is 64.0 Å². The summed E-state index contributed by atoms with van der Waals surface area (Å²) in [6, 6.07) is 66.6. The standard InChI is InChI=1S/C33H47FO4SSi2.C26H29FO7S.C19H16FIS.C18H14FIOS/c1-11-28-23(4)31(37-40(5,6)7)32(38-41(8,9)10)33(35,36-28)25-15-12-21(2)27(20-25)22(3)29-18-19-30(39-29)24-13-16-26(34)17-14-24;1-14-4-7-16(26(33-3)25(31)23(30)22(29)19(13-28)34-26)12-18(14)24(32-2)21-11-10-20(35-21)15-5-8-17(27)9-6-15;1-12-3-8-16(21)11-17(12)13(2)18-9-10-19(22-18)14-4-6-15(20)7-5-14;1-11-2-7-14(20)10-15(11)18(21)17-9-8-16(22-17)12-3-5-13(19)6-4-12/h12-20,22-23,28,31-32,35H,11H2,1-10H3;4-12,19,22-25,28-31H,13H2,1-3H3;3-11,13H,1-2H3;2-10,18,21H,1H3/t22?,23-,28-,31+,32-,33+;19-,22-,23+,24?,25-,26+;;/m11../s1. The molecule has 120 heavy (non-hydrogen) atoms. The summed E-state index contributed by atoms with van der Waals surface area (Å²) in [5.74, 6) is -3.89. The highest BCUT2D eigenvalue weighted by atomic mass is 127. The van der Waals surface area contributed by atoms with Gasteiger partial charge in [0.05, 0.1) is 18.8 Å². The Morgan fingerprint density at radius 2 is 0.833 bits per heavy atom. The van der Waals surface area contributed by atoms with Gasteiger partial charge in [-0.1, -0.05) is 113 Å². The number of ether oxygens (including phenoxy) is 4. The van der Waals surface area contributed by atoms with Crippen LogP contribution in [0.4, 0.5) is 17.6 Å². The fraction of sp³-hybridized carbons (Fsp3) is 0.333. The molecule has 0 spiro atoms. The second kappa shape index (κ2) is 40.8. The average Bonchev–Trinajstić information content (AvgIpc) is 0.828. The van der Waals surface area contributed by atoms with Crippen molar-refractivity contribution in [2.75, 3.05) is 20.8 Å². The van der Waals surface area contributed by atoms with Gasteiger partial charge in [0.25, 0.3) is 0 Å². The number of rotatable bonds is 22. The molecule has 0 saturated carbocycles. The van der Waals surface area contributed by atoms with Crippen LogP contribution in [0.3, 0.4) is 0 Å². The predicted octanol–water partition coefficient (Wildman–Crippen LogP) is 24.1. The number of hydrogen-bond acceptors (Lipinski definition) is 16. The van der Waals surface area contributed by atoms with Gasteiger partial charge in [-0.2, -0.15) is 0 Å². The number of thiophene rings is 4. The first kappa shape index (κ1) is 94.4. The van der Waals surface area contributed by atoms with Crippen LogP contribution < -0.4 is 0 Å². The largest absolute Gasteiger partial charge is 0.412 e. The first-order valence-electron chi connectivity index (χ1n) is 39.9. The zero-order valence-electron chi connectivity index (χ0n) is 70.2. The molecule has 2 aliphatic heterocycles. The fourth-order valence-electron chi connectivity index (χ4n) is 15.1. The third-order valence-electron chi connectivity index (χ3n) is 21.8. The molecule has 12 aromatic rings. The van der Waals surface area contributed by atoms with Crippen molar-refractivity contribution in [2.24, 2.45) is 5.92 Å². The topological polar surface area (TPSA) is 177 Å². The molecule has 0 radical (unpaired) electrons. The molecule has 14 rings (SSSR count). The van der Waals surface area contributed by atoms with Gasteiger partial charge in [0.2, 0.25) is 11.6 Å². The smallest absolute Gasteiger partial charge is 0.224 e. The SMILES string of the molecule is CC[C@H]1O[C@@](O)(c2ccc(C)c(C(C)c3ccc(-c4ccc(F)cc4)s3)c2)[C@H](O[Si](C)(C)C)[C@@H](O[Si](C)(C)C)[C@@H]1C.COC(c1ccc(-c2ccc(F)cc2)s1)c1cc([C@]2(OC)O[C@H](CO)[C@@H](O)[C@H](O)[C@H]2O)ccc1C.Cc1ccc(I)cc1C(C)c1ccc(-c2ccc(F)cc2)s1.Cc1ccc(I)cc1C(O)c1ccc(-c2ccc(F)cc2)s1. The Bertz CT molecular complexity index is 5250. The Labute approximate surface area is 748 Å². The van der Waals surface area contributed by atoms with E-state index in [1.165, 1.54) is 108 Å². The number of aryl methyl sites for hydroxylation is 4.